The van der Waals surface area contributed by atoms with E-state index in [0.717, 1.165) is 5.92 Å². The lowest BCUT2D eigenvalue weighted by Crippen LogP contribution is -1.89. The van der Waals surface area contributed by atoms with Crippen molar-refractivity contribution in [2.75, 3.05) is 14.1 Å². The van der Waals surface area contributed by atoms with Gasteiger partial charge in [-0.05, 0) is 45.7 Å². The number of hydrogen-bond donors (Lipinski definition) is 1. The molecule has 0 heterocycles. The molecule has 58 valence electrons. The summed E-state index contributed by atoms with van der Waals surface area (Å²) in [4.78, 5) is 0. The summed E-state index contributed by atoms with van der Waals surface area (Å²) in [6, 6.07) is 0. The summed E-state index contributed by atoms with van der Waals surface area (Å²) in [5.74, 6) is 1.08. The van der Waals surface area contributed by atoms with Gasteiger partial charge in [-0.1, -0.05) is 11.6 Å². The molecule has 1 fully saturated rings. The van der Waals surface area contributed by atoms with Crippen molar-refractivity contribution in [1.82, 2.24) is 5.32 Å². The Kier molecular flexibility index (Phi) is 2.94. The Hall–Kier alpha value is -0.300. The standard InChI is InChI=1S/C7H10.C2H7N/c1-2-7-4-3-6(1)5-7;1-3-2/h1,7H,2-5H2;3H,1-2H3. The lowest BCUT2D eigenvalue weighted by atomic mass is 10.1. The van der Waals surface area contributed by atoms with Crippen molar-refractivity contribution in [3.8, 4) is 0 Å². The molecule has 0 radical (unpaired) electrons. The van der Waals surface area contributed by atoms with Crippen molar-refractivity contribution >= 4 is 0 Å². The van der Waals surface area contributed by atoms with E-state index in [-0.39, 0.29) is 0 Å². The van der Waals surface area contributed by atoms with Gasteiger partial charge in [-0.2, -0.15) is 0 Å². The molecule has 0 spiro atoms. The largest absolute Gasteiger partial charge is 0.323 e. The molecule has 2 bridgehead atoms. The summed E-state index contributed by atoms with van der Waals surface area (Å²) < 4.78 is 0. The van der Waals surface area contributed by atoms with E-state index in [1.54, 1.807) is 5.57 Å². The van der Waals surface area contributed by atoms with Gasteiger partial charge in [0.15, 0.2) is 0 Å². The summed E-state index contributed by atoms with van der Waals surface area (Å²) in [5.41, 5.74) is 1.74. The maximum atomic E-state index is 2.75. The lowest BCUT2D eigenvalue weighted by molar-refractivity contribution is 0.576. The molecule has 1 nitrogen and oxygen atoms in total. The topological polar surface area (TPSA) is 12.0 Å². The molecular weight excluding hydrogens is 122 g/mol. The zero-order chi connectivity index (χ0) is 7.40. The van der Waals surface area contributed by atoms with Gasteiger partial charge >= 0.3 is 0 Å². The summed E-state index contributed by atoms with van der Waals surface area (Å²) >= 11 is 0. The summed E-state index contributed by atoms with van der Waals surface area (Å²) in [5, 5.41) is 2.75. The molecule has 0 amide bonds. The fourth-order valence-electron chi connectivity index (χ4n) is 1.68. The van der Waals surface area contributed by atoms with Crippen LogP contribution < -0.4 is 5.32 Å². The van der Waals surface area contributed by atoms with E-state index in [1.807, 2.05) is 14.1 Å². The molecule has 0 aromatic carbocycles. The molecule has 1 heteroatoms. The molecule has 2 aliphatic carbocycles. The van der Waals surface area contributed by atoms with Crippen LogP contribution in [0.3, 0.4) is 0 Å². The molecule has 0 saturated heterocycles. The first kappa shape index (κ1) is 7.80. The van der Waals surface area contributed by atoms with Crippen LogP contribution in [0.4, 0.5) is 0 Å². The van der Waals surface area contributed by atoms with Crippen molar-refractivity contribution in [1.29, 1.82) is 0 Å². The van der Waals surface area contributed by atoms with Gasteiger partial charge in [-0.25, -0.2) is 0 Å². The highest BCUT2D eigenvalue weighted by Gasteiger charge is 2.22. The van der Waals surface area contributed by atoms with Crippen LogP contribution in [0.2, 0.25) is 0 Å². The zero-order valence-corrected chi connectivity index (χ0v) is 6.98. The quantitative estimate of drug-likeness (QED) is 0.506. The second-order valence-electron chi connectivity index (χ2n) is 3.21. The molecule has 1 saturated carbocycles. The number of hydrogen-bond acceptors (Lipinski definition) is 1. The van der Waals surface area contributed by atoms with Crippen LogP contribution in [0.15, 0.2) is 11.6 Å². The second kappa shape index (κ2) is 3.77. The number of rotatable bonds is 0. The van der Waals surface area contributed by atoms with E-state index in [0.29, 0.717) is 0 Å². The molecule has 1 unspecified atom stereocenters. The first-order valence-electron chi connectivity index (χ1n) is 4.13. The minimum absolute atomic E-state index is 1.08. The van der Waals surface area contributed by atoms with Crippen LogP contribution in [0.5, 0.6) is 0 Å². The Morgan fingerprint density at radius 2 is 2.20 bits per heavy atom. The molecule has 0 aromatic rings. The predicted octanol–water partition coefficient (Wildman–Crippen LogP) is 1.95. The monoisotopic (exact) mass is 139 g/mol. The molecule has 1 atom stereocenters. The first-order valence-corrected chi connectivity index (χ1v) is 4.13. The zero-order valence-electron chi connectivity index (χ0n) is 6.98. The fourth-order valence-corrected chi connectivity index (χ4v) is 1.68. The number of fused-ring (bicyclic) bond motifs is 2. The molecule has 10 heavy (non-hydrogen) atoms. The van der Waals surface area contributed by atoms with Crippen LogP contribution in [-0.2, 0) is 0 Å². The van der Waals surface area contributed by atoms with Crippen LogP contribution in [0.1, 0.15) is 25.7 Å². The van der Waals surface area contributed by atoms with Crippen LogP contribution in [0, 0.1) is 5.92 Å². The maximum absolute atomic E-state index is 2.75. The molecule has 2 aliphatic rings. The summed E-state index contributed by atoms with van der Waals surface area (Å²) in [6.45, 7) is 0. The van der Waals surface area contributed by atoms with Gasteiger partial charge in [0.1, 0.15) is 0 Å². The van der Waals surface area contributed by atoms with Gasteiger partial charge in [0.2, 0.25) is 0 Å². The van der Waals surface area contributed by atoms with E-state index in [9.17, 15) is 0 Å². The van der Waals surface area contributed by atoms with Crippen molar-refractivity contribution in [3.05, 3.63) is 11.6 Å². The average Bonchev–Trinajstić information content (AvgIpc) is 2.49. The minimum Gasteiger partial charge on any atom is -0.323 e. The smallest absolute Gasteiger partial charge is 0.0167 e. The highest BCUT2D eigenvalue weighted by Crippen LogP contribution is 2.38. The van der Waals surface area contributed by atoms with Gasteiger partial charge in [0, 0.05) is 0 Å². The molecule has 0 aromatic heterocycles. The maximum Gasteiger partial charge on any atom is -0.0167 e. The van der Waals surface area contributed by atoms with E-state index >= 15 is 0 Å². The fraction of sp³-hybridized carbons (Fsp3) is 0.778. The van der Waals surface area contributed by atoms with Crippen LogP contribution >= 0.6 is 0 Å². The average molecular weight is 139 g/mol. The predicted molar refractivity (Wildman–Crippen MR) is 45.0 cm³/mol. The Morgan fingerprint density at radius 3 is 2.30 bits per heavy atom. The Labute approximate surface area is 63.5 Å². The van der Waals surface area contributed by atoms with Crippen LogP contribution in [0.25, 0.3) is 0 Å². The van der Waals surface area contributed by atoms with Gasteiger partial charge in [-0.15, -0.1) is 0 Å². The molecule has 1 N–H and O–H groups in total. The third-order valence-corrected chi connectivity index (χ3v) is 2.16. The Morgan fingerprint density at radius 1 is 1.50 bits per heavy atom. The van der Waals surface area contributed by atoms with Crippen molar-refractivity contribution < 1.29 is 0 Å². The minimum atomic E-state index is 1.08. The Balaban J connectivity index is 0.000000148. The van der Waals surface area contributed by atoms with Crippen molar-refractivity contribution in [3.63, 3.8) is 0 Å². The normalized spacial score (nSPS) is 27.4. The first-order chi connectivity index (χ1) is 4.86. The van der Waals surface area contributed by atoms with Crippen molar-refractivity contribution in [2.24, 2.45) is 5.92 Å². The van der Waals surface area contributed by atoms with Gasteiger partial charge in [-0.3, -0.25) is 0 Å². The second-order valence-corrected chi connectivity index (χ2v) is 3.21. The van der Waals surface area contributed by atoms with Gasteiger partial charge < -0.3 is 5.32 Å². The van der Waals surface area contributed by atoms with E-state index in [1.165, 1.54) is 25.7 Å². The molecule has 2 rings (SSSR count). The van der Waals surface area contributed by atoms with Crippen LogP contribution in [-0.4, -0.2) is 14.1 Å². The molecule has 0 aliphatic heterocycles. The SMILES string of the molecule is C1=C2CCC(C1)C2.CNC. The Bertz CT molecular complexity index is 127. The van der Waals surface area contributed by atoms with E-state index < -0.39 is 0 Å². The molecular formula is C9H17N. The highest BCUT2D eigenvalue weighted by atomic mass is 14.7. The van der Waals surface area contributed by atoms with Gasteiger partial charge in [0.25, 0.3) is 0 Å². The third kappa shape index (κ3) is 1.84. The summed E-state index contributed by atoms with van der Waals surface area (Å²) in [6.07, 6.45) is 8.18. The lowest BCUT2D eigenvalue weighted by Gasteiger charge is -1.98. The van der Waals surface area contributed by atoms with E-state index in [2.05, 4.69) is 11.4 Å². The highest BCUT2D eigenvalue weighted by molar-refractivity contribution is 5.15. The third-order valence-electron chi connectivity index (χ3n) is 2.16. The summed E-state index contributed by atoms with van der Waals surface area (Å²) in [7, 11) is 3.75. The van der Waals surface area contributed by atoms with Gasteiger partial charge in [0.05, 0.1) is 0 Å². The number of allylic oxidation sites excluding steroid dienone is 2. The van der Waals surface area contributed by atoms with E-state index in [4.69, 9.17) is 0 Å². The number of nitrogens with one attached hydrogen (secondary N) is 1. The van der Waals surface area contributed by atoms with Crippen molar-refractivity contribution in [2.45, 2.75) is 25.7 Å².